The topological polar surface area (TPSA) is 67.2 Å². The molecule has 0 atom stereocenters. The number of benzene rings is 3. The van der Waals surface area contributed by atoms with Crippen LogP contribution in [0.1, 0.15) is 41.3 Å². The molecule has 6 heteroatoms. The highest BCUT2D eigenvalue weighted by Crippen LogP contribution is 2.27. The maximum Gasteiger partial charge on any atom is 0.257 e. The third-order valence-corrected chi connectivity index (χ3v) is 5.18. The van der Waals surface area contributed by atoms with Gasteiger partial charge in [-0.15, -0.1) is 0 Å². The van der Waals surface area contributed by atoms with Gasteiger partial charge in [-0.3, -0.25) is 10.1 Å². The van der Waals surface area contributed by atoms with Gasteiger partial charge in [0.05, 0.1) is 0 Å². The van der Waals surface area contributed by atoms with E-state index in [1.54, 1.807) is 6.07 Å². The molecule has 3 aromatic carbocycles. The van der Waals surface area contributed by atoms with E-state index in [0.717, 1.165) is 16.8 Å². The average molecular weight is 430 g/mol. The first kappa shape index (κ1) is 20.8. The van der Waals surface area contributed by atoms with Crippen molar-refractivity contribution in [2.75, 3.05) is 5.32 Å². The smallest absolute Gasteiger partial charge is 0.257 e. The average Bonchev–Trinajstić information content (AvgIpc) is 3.17. The fourth-order valence-corrected chi connectivity index (χ4v) is 3.47. The Labute approximate surface area is 186 Å². The number of hydrogen-bond donors (Lipinski definition) is 2. The van der Waals surface area contributed by atoms with E-state index in [1.807, 2.05) is 55.5 Å². The molecule has 0 bridgehead atoms. The molecule has 31 heavy (non-hydrogen) atoms. The summed E-state index contributed by atoms with van der Waals surface area (Å²) in [6.07, 6.45) is 0. The van der Waals surface area contributed by atoms with E-state index in [0.29, 0.717) is 28.5 Å². The second kappa shape index (κ2) is 8.70. The minimum absolute atomic E-state index is 0.221. The molecule has 156 valence electrons. The van der Waals surface area contributed by atoms with Crippen LogP contribution < -0.4 is 10.6 Å². The Kier molecular flexibility index (Phi) is 5.82. The van der Waals surface area contributed by atoms with Crippen molar-refractivity contribution in [1.29, 1.82) is 0 Å². The van der Waals surface area contributed by atoms with E-state index in [1.165, 1.54) is 5.56 Å². The van der Waals surface area contributed by atoms with Crippen LogP contribution in [0.3, 0.4) is 0 Å². The molecule has 1 amide bonds. The van der Waals surface area contributed by atoms with Gasteiger partial charge in [-0.2, -0.15) is 0 Å². The number of thiocarbonyl (C=S) groups is 1. The summed E-state index contributed by atoms with van der Waals surface area (Å²) in [5, 5.41) is 5.96. The Morgan fingerprint density at radius 1 is 1.03 bits per heavy atom. The van der Waals surface area contributed by atoms with Crippen molar-refractivity contribution in [3.05, 3.63) is 83.4 Å². The number of nitrogens with one attached hydrogen (secondary N) is 2. The van der Waals surface area contributed by atoms with Crippen molar-refractivity contribution in [3.63, 3.8) is 0 Å². The lowest BCUT2D eigenvalue weighted by Crippen LogP contribution is -2.34. The van der Waals surface area contributed by atoms with Gasteiger partial charge in [0, 0.05) is 16.8 Å². The second-order valence-electron chi connectivity index (χ2n) is 7.76. The summed E-state index contributed by atoms with van der Waals surface area (Å²) in [5.74, 6) is 0.787. The van der Waals surface area contributed by atoms with Crippen molar-refractivity contribution in [3.8, 4) is 11.5 Å². The highest BCUT2D eigenvalue weighted by atomic mass is 32.1. The van der Waals surface area contributed by atoms with Crippen molar-refractivity contribution in [2.24, 2.45) is 0 Å². The molecule has 0 unspecified atom stereocenters. The van der Waals surface area contributed by atoms with E-state index >= 15 is 0 Å². The molecule has 1 heterocycles. The van der Waals surface area contributed by atoms with Crippen LogP contribution in [0, 0.1) is 6.92 Å². The van der Waals surface area contributed by atoms with Crippen molar-refractivity contribution in [1.82, 2.24) is 10.3 Å². The molecule has 0 fully saturated rings. The summed E-state index contributed by atoms with van der Waals surface area (Å²) in [6.45, 7) is 6.26. The van der Waals surface area contributed by atoms with Gasteiger partial charge in [0.2, 0.25) is 5.89 Å². The van der Waals surface area contributed by atoms with E-state index < -0.39 is 0 Å². The van der Waals surface area contributed by atoms with Crippen LogP contribution in [0.4, 0.5) is 5.69 Å². The van der Waals surface area contributed by atoms with Crippen LogP contribution >= 0.6 is 12.2 Å². The monoisotopic (exact) mass is 429 g/mol. The van der Waals surface area contributed by atoms with Crippen LogP contribution in [0.15, 0.2) is 71.1 Å². The molecular formula is C25H23N3O2S. The molecule has 0 saturated carbocycles. The number of fused-ring (bicyclic) bond motifs is 1. The Balaban J connectivity index is 1.47. The molecule has 4 rings (SSSR count). The van der Waals surface area contributed by atoms with Gasteiger partial charge in [-0.05, 0) is 73.1 Å². The van der Waals surface area contributed by atoms with Crippen molar-refractivity contribution in [2.45, 2.75) is 26.7 Å². The summed E-state index contributed by atoms with van der Waals surface area (Å²) in [4.78, 5) is 17.0. The number of rotatable bonds is 4. The lowest BCUT2D eigenvalue weighted by molar-refractivity contribution is 0.0977. The number of hydrogen-bond acceptors (Lipinski definition) is 4. The molecule has 4 aromatic rings. The zero-order chi connectivity index (χ0) is 22.0. The predicted molar refractivity (Wildman–Crippen MR) is 128 cm³/mol. The van der Waals surface area contributed by atoms with Gasteiger partial charge in [-0.25, -0.2) is 4.98 Å². The number of anilines is 1. The lowest BCUT2D eigenvalue weighted by Gasteiger charge is -2.09. The normalized spacial score (nSPS) is 11.0. The summed E-state index contributed by atoms with van der Waals surface area (Å²) in [5.41, 5.74) is 5.88. The molecule has 0 radical (unpaired) electrons. The first-order valence-corrected chi connectivity index (χ1v) is 10.5. The number of nitrogens with zero attached hydrogens (tertiary/aromatic N) is 1. The third-order valence-electron chi connectivity index (χ3n) is 4.98. The Morgan fingerprint density at radius 2 is 1.81 bits per heavy atom. The van der Waals surface area contributed by atoms with Crippen molar-refractivity contribution < 1.29 is 9.21 Å². The Bertz CT molecular complexity index is 1260. The number of aromatic nitrogens is 1. The molecule has 0 spiro atoms. The first-order chi connectivity index (χ1) is 14.9. The fraction of sp³-hybridized carbons (Fsp3) is 0.160. The Morgan fingerprint density at radius 3 is 2.52 bits per heavy atom. The minimum Gasteiger partial charge on any atom is -0.436 e. The molecule has 0 aliphatic heterocycles. The first-order valence-electron chi connectivity index (χ1n) is 10.1. The number of amides is 1. The van der Waals surface area contributed by atoms with Gasteiger partial charge in [0.15, 0.2) is 10.7 Å². The maximum absolute atomic E-state index is 12.4. The van der Waals surface area contributed by atoms with Crippen molar-refractivity contribution >= 4 is 40.0 Å². The lowest BCUT2D eigenvalue weighted by atomic mass is 10.0. The molecule has 0 aliphatic rings. The van der Waals surface area contributed by atoms with E-state index in [4.69, 9.17) is 16.6 Å². The molecule has 5 nitrogen and oxygen atoms in total. The highest BCUT2D eigenvalue weighted by molar-refractivity contribution is 7.80. The van der Waals surface area contributed by atoms with Crippen LogP contribution in [0.5, 0.6) is 0 Å². The summed E-state index contributed by atoms with van der Waals surface area (Å²) >= 11 is 5.30. The van der Waals surface area contributed by atoms with Gasteiger partial charge < -0.3 is 9.73 Å². The predicted octanol–water partition coefficient (Wildman–Crippen LogP) is 6.05. The fourth-order valence-electron chi connectivity index (χ4n) is 3.26. The minimum atomic E-state index is -0.254. The van der Waals surface area contributed by atoms with Crippen LogP contribution in [0.2, 0.25) is 0 Å². The largest absolute Gasteiger partial charge is 0.436 e. The van der Waals surface area contributed by atoms with E-state index in [2.05, 4.69) is 41.6 Å². The van der Waals surface area contributed by atoms with Gasteiger partial charge in [-0.1, -0.05) is 43.7 Å². The van der Waals surface area contributed by atoms with E-state index in [9.17, 15) is 4.79 Å². The molecular weight excluding hydrogens is 406 g/mol. The van der Waals surface area contributed by atoms with Gasteiger partial charge >= 0.3 is 0 Å². The zero-order valence-corrected chi connectivity index (χ0v) is 18.4. The highest BCUT2D eigenvalue weighted by Gasteiger charge is 2.11. The van der Waals surface area contributed by atoms with Gasteiger partial charge in [0.1, 0.15) is 5.52 Å². The molecule has 0 aliphatic carbocycles. The van der Waals surface area contributed by atoms with Crippen LogP contribution in [0.25, 0.3) is 22.6 Å². The summed E-state index contributed by atoms with van der Waals surface area (Å²) in [6, 6.07) is 21.1. The standard InChI is InChI=1S/C25H23N3O2S/c1-15(2)17-7-9-18(10-8-17)24-27-21-14-20(11-12-22(21)30-24)26-25(31)28-23(29)19-6-4-5-16(3)13-19/h4-15H,1-3H3,(H2,26,28,29,31). The number of aryl methyl sites for hydroxylation is 1. The van der Waals surface area contributed by atoms with Gasteiger partial charge in [0.25, 0.3) is 5.91 Å². The molecule has 2 N–H and O–H groups in total. The van der Waals surface area contributed by atoms with Crippen LogP contribution in [-0.2, 0) is 0 Å². The summed E-state index contributed by atoms with van der Waals surface area (Å²) < 4.78 is 5.91. The zero-order valence-electron chi connectivity index (χ0n) is 17.6. The quantitative estimate of drug-likeness (QED) is 0.386. The van der Waals surface area contributed by atoms with E-state index in [-0.39, 0.29) is 11.0 Å². The SMILES string of the molecule is Cc1cccc(C(=O)NC(=S)Nc2ccc3oc(-c4ccc(C(C)C)cc4)nc3c2)c1. The molecule has 0 saturated heterocycles. The number of carbonyl (C=O) groups excluding carboxylic acids is 1. The number of carbonyl (C=O) groups is 1. The second-order valence-corrected chi connectivity index (χ2v) is 8.16. The maximum atomic E-state index is 12.4. The molecule has 1 aromatic heterocycles. The van der Waals surface area contributed by atoms with Crippen LogP contribution in [-0.4, -0.2) is 16.0 Å². The Hall–Kier alpha value is -3.51. The summed E-state index contributed by atoms with van der Waals surface area (Å²) in [7, 11) is 0. The third kappa shape index (κ3) is 4.81. The number of oxazole rings is 1.